The van der Waals surface area contributed by atoms with E-state index in [2.05, 4.69) is 11.5 Å². The van der Waals surface area contributed by atoms with E-state index in [0.717, 1.165) is 38.2 Å². The van der Waals surface area contributed by atoms with Crippen LogP contribution in [-0.2, 0) is 0 Å². The molecule has 1 aromatic heterocycles. The minimum absolute atomic E-state index is 0.0435. The highest BCUT2D eigenvalue weighted by Crippen LogP contribution is 2.37. The summed E-state index contributed by atoms with van der Waals surface area (Å²) >= 11 is 0. The first-order chi connectivity index (χ1) is 10.2. The van der Waals surface area contributed by atoms with Crippen LogP contribution in [0.5, 0.6) is 0 Å². The number of piperidine rings is 1. The van der Waals surface area contributed by atoms with Gasteiger partial charge in [-0.2, -0.15) is 0 Å². The molecule has 3 rings (SSSR count). The van der Waals surface area contributed by atoms with Crippen molar-refractivity contribution in [3.63, 3.8) is 0 Å². The third-order valence-corrected chi connectivity index (χ3v) is 4.99. The molecule has 1 atom stereocenters. The molecule has 2 fully saturated rings. The van der Waals surface area contributed by atoms with E-state index < -0.39 is 0 Å². The average molecular weight is 288 g/mol. The standard InChI is InChI=1S/C17H24N2O2/c1-3-9-19-11-5-8-17(19)7-4-10-18(13-17)16(20)15-14(2)6-12-21-15/h3,6,12H,1,4-5,7-11,13H2,2H3/t17-/m1/s1. The van der Waals surface area contributed by atoms with Crippen LogP contribution in [0.4, 0.5) is 0 Å². The Morgan fingerprint density at radius 2 is 2.19 bits per heavy atom. The van der Waals surface area contributed by atoms with E-state index in [1.165, 1.54) is 19.3 Å². The number of aryl methyl sites for hydroxylation is 1. The van der Waals surface area contributed by atoms with E-state index in [0.29, 0.717) is 5.76 Å². The molecule has 0 aliphatic carbocycles. The van der Waals surface area contributed by atoms with Crippen molar-refractivity contribution in [2.75, 3.05) is 26.2 Å². The number of nitrogens with zero attached hydrogens (tertiary/aromatic N) is 2. The SMILES string of the molecule is C=CCN1CCC[C@@]12CCCN(C(=O)c1occc1C)C2. The minimum Gasteiger partial charge on any atom is -0.459 e. The molecule has 1 spiro atoms. The van der Waals surface area contributed by atoms with Gasteiger partial charge >= 0.3 is 0 Å². The first-order valence-corrected chi connectivity index (χ1v) is 7.86. The number of hydrogen-bond acceptors (Lipinski definition) is 3. The molecule has 4 nitrogen and oxygen atoms in total. The van der Waals surface area contributed by atoms with Crippen LogP contribution in [0, 0.1) is 6.92 Å². The van der Waals surface area contributed by atoms with Crippen LogP contribution in [0.2, 0.25) is 0 Å². The number of hydrogen-bond donors (Lipinski definition) is 0. The van der Waals surface area contributed by atoms with Crippen molar-refractivity contribution in [3.8, 4) is 0 Å². The molecule has 2 saturated heterocycles. The zero-order valence-electron chi connectivity index (χ0n) is 12.8. The van der Waals surface area contributed by atoms with Crippen molar-refractivity contribution in [2.24, 2.45) is 0 Å². The summed E-state index contributed by atoms with van der Waals surface area (Å²) in [5, 5.41) is 0. The highest BCUT2D eigenvalue weighted by Gasteiger charge is 2.44. The molecule has 0 N–H and O–H groups in total. The van der Waals surface area contributed by atoms with Crippen LogP contribution < -0.4 is 0 Å². The maximum atomic E-state index is 12.7. The maximum Gasteiger partial charge on any atom is 0.289 e. The van der Waals surface area contributed by atoms with Crippen molar-refractivity contribution >= 4 is 5.91 Å². The number of carbonyl (C=O) groups is 1. The van der Waals surface area contributed by atoms with Crippen molar-refractivity contribution in [3.05, 3.63) is 36.3 Å². The fourth-order valence-corrected chi connectivity index (χ4v) is 3.92. The molecule has 0 bridgehead atoms. The van der Waals surface area contributed by atoms with Gasteiger partial charge in [-0.05, 0) is 45.2 Å². The monoisotopic (exact) mass is 288 g/mol. The zero-order valence-corrected chi connectivity index (χ0v) is 12.8. The highest BCUT2D eigenvalue weighted by molar-refractivity contribution is 5.93. The lowest BCUT2D eigenvalue weighted by atomic mass is 9.86. The number of furan rings is 1. The molecule has 0 radical (unpaired) electrons. The van der Waals surface area contributed by atoms with Crippen molar-refractivity contribution in [1.29, 1.82) is 0 Å². The first kappa shape index (κ1) is 14.4. The Morgan fingerprint density at radius 1 is 1.43 bits per heavy atom. The Kier molecular flexibility index (Phi) is 3.89. The van der Waals surface area contributed by atoms with E-state index in [4.69, 9.17) is 4.42 Å². The summed E-state index contributed by atoms with van der Waals surface area (Å²) < 4.78 is 5.38. The van der Waals surface area contributed by atoms with Gasteiger partial charge in [0.25, 0.3) is 5.91 Å². The summed E-state index contributed by atoms with van der Waals surface area (Å²) in [6, 6.07) is 1.85. The largest absolute Gasteiger partial charge is 0.459 e. The van der Waals surface area contributed by atoms with E-state index in [-0.39, 0.29) is 11.4 Å². The lowest BCUT2D eigenvalue weighted by Crippen LogP contribution is -2.56. The Hall–Kier alpha value is -1.55. The van der Waals surface area contributed by atoms with Crippen LogP contribution >= 0.6 is 0 Å². The molecule has 0 saturated carbocycles. The molecule has 114 valence electrons. The van der Waals surface area contributed by atoms with Crippen LogP contribution in [0.3, 0.4) is 0 Å². The molecular formula is C17H24N2O2. The molecule has 2 aliphatic rings. The second kappa shape index (κ2) is 5.68. The number of amides is 1. The third-order valence-electron chi connectivity index (χ3n) is 4.99. The van der Waals surface area contributed by atoms with Crippen molar-refractivity contribution < 1.29 is 9.21 Å². The number of likely N-dealkylation sites (tertiary alicyclic amines) is 2. The molecular weight excluding hydrogens is 264 g/mol. The molecule has 0 unspecified atom stereocenters. The highest BCUT2D eigenvalue weighted by atomic mass is 16.3. The number of carbonyl (C=O) groups excluding carboxylic acids is 1. The Labute approximate surface area is 126 Å². The quantitative estimate of drug-likeness (QED) is 0.803. The van der Waals surface area contributed by atoms with E-state index in [9.17, 15) is 4.79 Å². The molecule has 4 heteroatoms. The molecule has 1 amide bonds. The van der Waals surface area contributed by atoms with E-state index in [1.807, 2.05) is 24.0 Å². The summed E-state index contributed by atoms with van der Waals surface area (Å²) in [7, 11) is 0. The second-order valence-corrected chi connectivity index (χ2v) is 6.33. The predicted octanol–water partition coefficient (Wildman–Crippen LogP) is 2.84. The Balaban J connectivity index is 1.78. The molecule has 1 aromatic rings. The molecule has 3 heterocycles. The lowest BCUT2D eigenvalue weighted by molar-refractivity contribution is 0.0344. The van der Waals surface area contributed by atoms with Gasteiger partial charge in [-0.3, -0.25) is 9.69 Å². The number of rotatable bonds is 3. The van der Waals surface area contributed by atoms with Gasteiger partial charge in [0, 0.05) is 30.7 Å². The predicted molar refractivity (Wildman–Crippen MR) is 82.3 cm³/mol. The normalized spacial score (nSPS) is 26.4. The summed E-state index contributed by atoms with van der Waals surface area (Å²) in [6.07, 6.45) is 8.23. The van der Waals surface area contributed by atoms with Gasteiger partial charge in [-0.1, -0.05) is 6.08 Å². The van der Waals surface area contributed by atoms with Crippen LogP contribution in [-0.4, -0.2) is 47.4 Å². The topological polar surface area (TPSA) is 36.7 Å². The fraction of sp³-hybridized carbons (Fsp3) is 0.588. The minimum atomic E-state index is 0.0435. The summed E-state index contributed by atoms with van der Waals surface area (Å²) in [5.41, 5.74) is 1.08. The fourth-order valence-electron chi connectivity index (χ4n) is 3.92. The summed E-state index contributed by atoms with van der Waals surface area (Å²) in [4.78, 5) is 17.2. The van der Waals surface area contributed by atoms with E-state index >= 15 is 0 Å². The molecule has 2 aliphatic heterocycles. The van der Waals surface area contributed by atoms with Crippen LogP contribution in [0.15, 0.2) is 29.4 Å². The smallest absolute Gasteiger partial charge is 0.289 e. The maximum absolute atomic E-state index is 12.7. The molecule has 0 aromatic carbocycles. The summed E-state index contributed by atoms with van der Waals surface area (Å²) in [6.45, 7) is 9.49. The summed E-state index contributed by atoms with van der Waals surface area (Å²) in [5.74, 6) is 0.544. The zero-order chi connectivity index (χ0) is 14.9. The van der Waals surface area contributed by atoms with Gasteiger partial charge < -0.3 is 9.32 Å². The third kappa shape index (κ3) is 2.53. The van der Waals surface area contributed by atoms with Gasteiger partial charge in [0.15, 0.2) is 5.76 Å². The Bertz CT molecular complexity index is 537. The van der Waals surface area contributed by atoms with Gasteiger partial charge in [-0.25, -0.2) is 0 Å². The second-order valence-electron chi connectivity index (χ2n) is 6.33. The van der Waals surface area contributed by atoms with Gasteiger partial charge in [0.1, 0.15) is 0 Å². The van der Waals surface area contributed by atoms with Crippen LogP contribution in [0.1, 0.15) is 41.8 Å². The average Bonchev–Trinajstić information content (AvgIpc) is 3.06. The lowest BCUT2D eigenvalue weighted by Gasteiger charge is -2.45. The van der Waals surface area contributed by atoms with Gasteiger partial charge in [0.05, 0.1) is 6.26 Å². The Morgan fingerprint density at radius 3 is 2.86 bits per heavy atom. The van der Waals surface area contributed by atoms with Crippen LogP contribution in [0.25, 0.3) is 0 Å². The van der Waals surface area contributed by atoms with Gasteiger partial charge in [-0.15, -0.1) is 6.58 Å². The first-order valence-electron chi connectivity index (χ1n) is 7.86. The van der Waals surface area contributed by atoms with Gasteiger partial charge in [0.2, 0.25) is 0 Å². The van der Waals surface area contributed by atoms with E-state index in [1.54, 1.807) is 6.26 Å². The molecule has 21 heavy (non-hydrogen) atoms. The van der Waals surface area contributed by atoms with Crippen molar-refractivity contribution in [1.82, 2.24) is 9.80 Å². The van der Waals surface area contributed by atoms with Crippen molar-refractivity contribution in [2.45, 2.75) is 38.1 Å².